The van der Waals surface area contributed by atoms with Gasteiger partial charge in [0, 0.05) is 36.3 Å². The lowest BCUT2D eigenvalue weighted by atomic mass is 9.66. The van der Waals surface area contributed by atoms with Crippen LogP contribution in [0.4, 0.5) is 5.69 Å². The molecule has 1 saturated heterocycles. The van der Waals surface area contributed by atoms with E-state index in [1.807, 2.05) is 20.8 Å². The third kappa shape index (κ3) is 7.78. The molecule has 0 atom stereocenters. The van der Waals surface area contributed by atoms with Gasteiger partial charge in [0.05, 0.1) is 0 Å². The predicted octanol–water partition coefficient (Wildman–Crippen LogP) is 6.62. The summed E-state index contributed by atoms with van der Waals surface area (Å²) in [5.74, 6) is 0.739. The summed E-state index contributed by atoms with van der Waals surface area (Å²) < 4.78 is 5.78. The lowest BCUT2D eigenvalue weighted by Crippen LogP contribution is -2.45. The van der Waals surface area contributed by atoms with E-state index in [1.54, 1.807) is 5.56 Å². The highest BCUT2D eigenvalue weighted by molar-refractivity contribution is 9.10. The first kappa shape index (κ1) is 26.2. The van der Waals surface area contributed by atoms with Crippen LogP contribution in [0.5, 0.6) is 0 Å². The van der Waals surface area contributed by atoms with E-state index < -0.39 is 0 Å². The lowest BCUT2D eigenvalue weighted by Gasteiger charge is -2.41. The van der Waals surface area contributed by atoms with Gasteiger partial charge in [0.25, 0.3) is 6.47 Å². The van der Waals surface area contributed by atoms with E-state index in [-0.39, 0.29) is 5.60 Å². The number of hydrogen-bond acceptors (Lipinski definition) is 4. The van der Waals surface area contributed by atoms with Crippen LogP contribution >= 0.6 is 15.9 Å². The number of ether oxygens (including phenoxy) is 1. The van der Waals surface area contributed by atoms with E-state index in [0.717, 1.165) is 19.0 Å². The molecule has 1 aliphatic heterocycles. The van der Waals surface area contributed by atoms with Crippen LogP contribution < -0.4 is 4.90 Å². The maximum absolute atomic E-state index is 9.60. The molecule has 31 heavy (non-hydrogen) atoms. The van der Waals surface area contributed by atoms with Crippen molar-refractivity contribution >= 4 is 28.1 Å². The molecule has 0 unspecified atom stereocenters. The minimum atomic E-state index is -0.318. The van der Waals surface area contributed by atoms with Gasteiger partial charge in [-0.25, -0.2) is 0 Å². The normalized spacial score (nSPS) is 20.0. The van der Waals surface area contributed by atoms with Gasteiger partial charge in [-0.1, -0.05) is 42.6 Å². The van der Waals surface area contributed by atoms with Crippen molar-refractivity contribution in [1.29, 1.82) is 0 Å². The highest BCUT2D eigenvalue weighted by Crippen LogP contribution is 2.48. The van der Waals surface area contributed by atoms with Crippen LogP contribution in [0.2, 0.25) is 0 Å². The van der Waals surface area contributed by atoms with Gasteiger partial charge >= 0.3 is 0 Å². The number of rotatable bonds is 5. The van der Waals surface area contributed by atoms with Crippen molar-refractivity contribution in [2.24, 2.45) is 5.41 Å². The van der Waals surface area contributed by atoms with E-state index in [0.29, 0.717) is 11.9 Å². The van der Waals surface area contributed by atoms with Crippen molar-refractivity contribution in [1.82, 2.24) is 4.90 Å². The Kier molecular flexibility index (Phi) is 9.88. The van der Waals surface area contributed by atoms with Crippen molar-refractivity contribution in [3.8, 4) is 0 Å². The Morgan fingerprint density at radius 1 is 1.10 bits per heavy atom. The van der Waals surface area contributed by atoms with Crippen molar-refractivity contribution in [3.63, 3.8) is 0 Å². The highest BCUT2D eigenvalue weighted by atomic mass is 79.9. The fourth-order valence-corrected chi connectivity index (χ4v) is 5.21. The fourth-order valence-electron chi connectivity index (χ4n) is 4.83. The minimum Gasteiger partial charge on any atom is -0.462 e. The largest absolute Gasteiger partial charge is 0.462 e. The fraction of sp³-hybridized carbons (Fsp3) is 0.731. The third-order valence-electron chi connectivity index (χ3n) is 7.22. The number of hydrogen-bond donors (Lipinski definition) is 0. The molecular formula is C26H43BrN2O2. The molecule has 0 amide bonds. The standard InChI is InChI=1S/C21H33BrN2.C5H10O2/c1-4-21(5-2)10-8-17(9-11-21)19-16-18(22)6-7-20(19)24-14-12-23(3)13-15-24;1-5(2,3)7-4-6/h6-7,16-17H,4-5,8-15H2,1-3H3;4H,1-3H3. The molecule has 1 aromatic rings. The number of likely N-dealkylation sites (N-methyl/N-ethyl adjacent to an activating group) is 1. The molecule has 0 spiro atoms. The molecule has 0 bridgehead atoms. The Morgan fingerprint density at radius 3 is 2.13 bits per heavy atom. The molecule has 0 aromatic heterocycles. The zero-order valence-electron chi connectivity index (χ0n) is 20.5. The highest BCUT2D eigenvalue weighted by Gasteiger charge is 2.34. The van der Waals surface area contributed by atoms with Gasteiger partial charge in [0.15, 0.2) is 0 Å². The van der Waals surface area contributed by atoms with Crippen LogP contribution in [0, 0.1) is 5.41 Å². The Balaban J connectivity index is 0.000000423. The maximum atomic E-state index is 9.60. The number of piperazine rings is 1. The van der Waals surface area contributed by atoms with E-state index in [1.165, 1.54) is 61.8 Å². The van der Waals surface area contributed by atoms with Crippen LogP contribution in [-0.2, 0) is 9.53 Å². The number of anilines is 1. The van der Waals surface area contributed by atoms with Gasteiger partial charge in [-0.3, -0.25) is 4.79 Å². The minimum absolute atomic E-state index is 0.318. The van der Waals surface area contributed by atoms with E-state index >= 15 is 0 Å². The summed E-state index contributed by atoms with van der Waals surface area (Å²) in [6.45, 7) is 15.4. The SMILES string of the molecule is CC(C)(C)OC=O.CCC1(CC)CCC(c2cc(Br)ccc2N2CCN(C)CC2)CC1. The van der Waals surface area contributed by atoms with Crippen LogP contribution in [0.1, 0.15) is 84.6 Å². The summed E-state index contributed by atoms with van der Waals surface area (Å²) in [6, 6.07) is 6.98. The first-order valence-corrected chi connectivity index (χ1v) is 12.8. The number of nitrogens with zero attached hydrogens (tertiary/aromatic N) is 2. The molecule has 0 N–H and O–H groups in total. The summed E-state index contributed by atoms with van der Waals surface area (Å²) in [5, 5.41) is 0. The van der Waals surface area contributed by atoms with Crippen molar-refractivity contribution < 1.29 is 9.53 Å². The maximum Gasteiger partial charge on any atom is 0.293 e. The van der Waals surface area contributed by atoms with Crippen molar-refractivity contribution in [2.45, 2.75) is 84.7 Å². The lowest BCUT2D eigenvalue weighted by molar-refractivity contribution is -0.138. The summed E-state index contributed by atoms with van der Waals surface area (Å²) in [5.41, 5.74) is 3.39. The second-order valence-electron chi connectivity index (χ2n) is 10.3. The topological polar surface area (TPSA) is 32.8 Å². The number of carbonyl (C=O) groups excluding carboxylic acids is 1. The Labute approximate surface area is 198 Å². The molecule has 5 heteroatoms. The van der Waals surface area contributed by atoms with E-state index in [9.17, 15) is 4.79 Å². The van der Waals surface area contributed by atoms with Crippen LogP contribution in [-0.4, -0.2) is 50.2 Å². The molecule has 1 saturated carbocycles. The molecule has 2 fully saturated rings. The quantitative estimate of drug-likeness (QED) is 0.430. The summed E-state index contributed by atoms with van der Waals surface area (Å²) in [4.78, 5) is 14.6. The summed E-state index contributed by atoms with van der Waals surface area (Å²) in [7, 11) is 2.23. The Morgan fingerprint density at radius 2 is 1.68 bits per heavy atom. The molecule has 2 aliphatic rings. The monoisotopic (exact) mass is 494 g/mol. The van der Waals surface area contributed by atoms with Crippen molar-refractivity contribution in [3.05, 3.63) is 28.2 Å². The van der Waals surface area contributed by atoms with Gasteiger partial charge in [0.2, 0.25) is 0 Å². The summed E-state index contributed by atoms with van der Waals surface area (Å²) >= 11 is 3.72. The number of carbonyl (C=O) groups is 1. The van der Waals surface area contributed by atoms with Gasteiger partial charge < -0.3 is 14.5 Å². The molecular weight excluding hydrogens is 452 g/mol. The Hall–Kier alpha value is -1.07. The predicted molar refractivity (Wildman–Crippen MR) is 135 cm³/mol. The second kappa shape index (κ2) is 11.7. The average molecular weight is 496 g/mol. The second-order valence-corrected chi connectivity index (χ2v) is 11.2. The van der Waals surface area contributed by atoms with Crippen molar-refractivity contribution in [2.75, 3.05) is 38.1 Å². The van der Waals surface area contributed by atoms with Gasteiger partial charge in [0.1, 0.15) is 5.60 Å². The van der Waals surface area contributed by atoms with Crippen LogP contribution in [0.3, 0.4) is 0 Å². The Bertz CT molecular complexity index is 679. The first-order valence-electron chi connectivity index (χ1n) is 12.0. The molecule has 3 rings (SSSR count). The smallest absolute Gasteiger partial charge is 0.293 e. The zero-order valence-corrected chi connectivity index (χ0v) is 22.1. The summed E-state index contributed by atoms with van der Waals surface area (Å²) in [6.07, 6.45) is 8.22. The van der Waals surface area contributed by atoms with E-state index in [2.05, 4.69) is 69.6 Å². The zero-order chi connectivity index (χ0) is 23.1. The van der Waals surface area contributed by atoms with Gasteiger partial charge in [-0.05, 0) is 88.6 Å². The molecule has 1 aromatic carbocycles. The third-order valence-corrected chi connectivity index (χ3v) is 7.71. The van der Waals surface area contributed by atoms with Crippen LogP contribution in [0.25, 0.3) is 0 Å². The molecule has 1 heterocycles. The number of benzene rings is 1. The average Bonchev–Trinajstić information content (AvgIpc) is 2.74. The number of halogens is 1. The van der Waals surface area contributed by atoms with Gasteiger partial charge in [-0.2, -0.15) is 0 Å². The molecule has 4 nitrogen and oxygen atoms in total. The van der Waals surface area contributed by atoms with E-state index in [4.69, 9.17) is 0 Å². The van der Waals surface area contributed by atoms with Gasteiger partial charge in [-0.15, -0.1) is 0 Å². The first-order chi connectivity index (χ1) is 14.6. The van der Waals surface area contributed by atoms with Crippen LogP contribution in [0.15, 0.2) is 22.7 Å². The molecule has 176 valence electrons. The molecule has 0 radical (unpaired) electrons. The molecule has 1 aliphatic carbocycles.